The summed E-state index contributed by atoms with van der Waals surface area (Å²) < 4.78 is 16.2. The SMILES string of the molecule is COc1cc(Nc2cc(C)cc3[nH]ccc23)cc(OC)c1OC. The molecule has 5 heteroatoms. The van der Waals surface area contributed by atoms with Crippen LogP contribution in [0.1, 0.15) is 5.56 Å². The standard InChI is InChI=1S/C18H20N2O3/c1-11-7-14-13(5-6-19-14)15(8-11)20-12-9-16(21-2)18(23-4)17(10-12)22-3/h5-10,19-20H,1-4H3. The average molecular weight is 312 g/mol. The van der Waals surface area contributed by atoms with Crippen molar-refractivity contribution < 1.29 is 14.2 Å². The largest absolute Gasteiger partial charge is 0.493 e. The van der Waals surface area contributed by atoms with Gasteiger partial charge in [-0.15, -0.1) is 0 Å². The highest BCUT2D eigenvalue weighted by Gasteiger charge is 2.14. The highest BCUT2D eigenvalue weighted by Crippen LogP contribution is 2.41. The Bertz CT molecular complexity index is 814. The molecule has 2 N–H and O–H groups in total. The van der Waals surface area contributed by atoms with E-state index < -0.39 is 0 Å². The maximum Gasteiger partial charge on any atom is 0.203 e. The van der Waals surface area contributed by atoms with E-state index in [9.17, 15) is 0 Å². The molecule has 3 aromatic rings. The van der Waals surface area contributed by atoms with Crippen LogP contribution in [0, 0.1) is 6.92 Å². The van der Waals surface area contributed by atoms with Gasteiger partial charge in [-0.25, -0.2) is 0 Å². The fourth-order valence-electron chi connectivity index (χ4n) is 2.72. The van der Waals surface area contributed by atoms with E-state index in [1.165, 1.54) is 5.56 Å². The number of hydrogen-bond donors (Lipinski definition) is 2. The summed E-state index contributed by atoms with van der Waals surface area (Å²) >= 11 is 0. The Hall–Kier alpha value is -2.82. The number of hydrogen-bond acceptors (Lipinski definition) is 4. The first-order chi connectivity index (χ1) is 11.2. The van der Waals surface area contributed by atoms with Crippen LogP contribution in [0.3, 0.4) is 0 Å². The highest BCUT2D eigenvalue weighted by molar-refractivity contribution is 5.94. The van der Waals surface area contributed by atoms with Gasteiger partial charge in [-0.2, -0.15) is 0 Å². The second-order valence-electron chi connectivity index (χ2n) is 5.29. The van der Waals surface area contributed by atoms with Crippen molar-refractivity contribution in [3.8, 4) is 17.2 Å². The Morgan fingerprint density at radius 1 is 0.913 bits per heavy atom. The van der Waals surface area contributed by atoms with Crippen LogP contribution in [-0.4, -0.2) is 26.3 Å². The van der Waals surface area contributed by atoms with Gasteiger partial charge >= 0.3 is 0 Å². The lowest BCUT2D eigenvalue weighted by atomic mass is 10.1. The van der Waals surface area contributed by atoms with Gasteiger partial charge in [0, 0.05) is 40.6 Å². The number of anilines is 2. The van der Waals surface area contributed by atoms with Crippen molar-refractivity contribution in [2.24, 2.45) is 0 Å². The zero-order valence-corrected chi connectivity index (χ0v) is 13.7. The quantitative estimate of drug-likeness (QED) is 0.739. The first kappa shape index (κ1) is 15.1. The number of H-pyrrole nitrogens is 1. The van der Waals surface area contributed by atoms with Crippen LogP contribution in [0.15, 0.2) is 36.5 Å². The van der Waals surface area contributed by atoms with E-state index in [1.807, 2.05) is 18.3 Å². The summed E-state index contributed by atoms with van der Waals surface area (Å²) in [6.45, 7) is 2.07. The lowest BCUT2D eigenvalue weighted by molar-refractivity contribution is 0.324. The Kier molecular flexibility index (Phi) is 4.02. The fraction of sp³-hybridized carbons (Fsp3) is 0.222. The molecule has 1 aromatic heterocycles. The number of rotatable bonds is 5. The predicted molar refractivity (Wildman–Crippen MR) is 92.4 cm³/mol. The molecule has 0 aliphatic carbocycles. The molecule has 0 bridgehead atoms. The molecular weight excluding hydrogens is 292 g/mol. The monoisotopic (exact) mass is 312 g/mol. The molecule has 23 heavy (non-hydrogen) atoms. The van der Waals surface area contributed by atoms with E-state index in [4.69, 9.17) is 14.2 Å². The van der Waals surface area contributed by atoms with Gasteiger partial charge in [0.2, 0.25) is 5.75 Å². The van der Waals surface area contributed by atoms with Gasteiger partial charge in [0.25, 0.3) is 0 Å². The Labute approximate surface area is 135 Å². The zero-order chi connectivity index (χ0) is 16.4. The van der Waals surface area contributed by atoms with Crippen LogP contribution in [0.25, 0.3) is 10.9 Å². The molecule has 3 rings (SSSR count). The number of methoxy groups -OCH3 is 3. The van der Waals surface area contributed by atoms with Gasteiger partial charge in [0.05, 0.1) is 21.3 Å². The molecule has 120 valence electrons. The third kappa shape index (κ3) is 2.77. The number of ether oxygens (including phenoxy) is 3. The summed E-state index contributed by atoms with van der Waals surface area (Å²) in [5.41, 5.74) is 4.16. The summed E-state index contributed by atoms with van der Waals surface area (Å²) in [7, 11) is 4.81. The van der Waals surface area contributed by atoms with Gasteiger partial charge in [-0.3, -0.25) is 0 Å². The first-order valence-corrected chi connectivity index (χ1v) is 7.31. The lowest BCUT2D eigenvalue weighted by Gasteiger charge is -2.16. The first-order valence-electron chi connectivity index (χ1n) is 7.31. The van der Waals surface area contributed by atoms with Gasteiger partial charge in [0.1, 0.15) is 0 Å². The molecule has 5 nitrogen and oxygen atoms in total. The Morgan fingerprint density at radius 2 is 1.61 bits per heavy atom. The molecule has 2 aromatic carbocycles. The van der Waals surface area contributed by atoms with E-state index in [0.717, 1.165) is 22.3 Å². The Morgan fingerprint density at radius 3 is 2.22 bits per heavy atom. The van der Waals surface area contributed by atoms with E-state index >= 15 is 0 Å². The summed E-state index contributed by atoms with van der Waals surface area (Å²) in [5.74, 6) is 1.82. The molecule has 0 fully saturated rings. The molecule has 0 unspecified atom stereocenters. The lowest BCUT2D eigenvalue weighted by Crippen LogP contribution is -1.98. The summed E-state index contributed by atoms with van der Waals surface area (Å²) in [6, 6.07) is 10.1. The van der Waals surface area contributed by atoms with Crippen LogP contribution in [-0.2, 0) is 0 Å². The molecule has 0 spiro atoms. The van der Waals surface area contributed by atoms with Crippen molar-refractivity contribution in [3.05, 3.63) is 42.1 Å². The summed E-state index contributed by atoms with van der Waals surface area (Å²) in [6.07, 6.45) is 1.93. The smallest absolute Gasteiger partial charge is 0.203 e. The molecule has 0 aliphatic heterocycles. The number of aromatic nitrogens is 1. The van der Waals surface area contributed by atoms with Crippen LogP contribution in [0.2, 0.25) is 0 Å². The number of nitrogens with one attached hydrogen (secondary N) is 2. The second-order valence-corrected chi connectivity index (χ2v) is 5.29. The molecule has 0 saturated carbocycles. The van der Waals surface area contributed by atoms with Crippen LogP contribution in [0.5, 0.6) is 17.2 Å². The summed E-state index contributed by atoms with van der Waals surface area (Å²) in [4.78, 5) is 3.24. The highest BCUT2D eigenvalue weighted by atomic mass is 16.5. The number of benzene rings is 2. The van der Waals surface area contributed by atoms with Gasteiger partial charge in [-0.05, 0) is 30.7 Å². The van der Waals surface area contributed by atoms with E-state index in [-0.39, 0.29) is 0 Å². The van der Waals surface area contributed by atoms with Gasteiger partial charge < -0.3 is 24.5 Å². The van der Waals surface area contributed by atoms with Gasteiger partial charge in [0.15, 0.2) is 11.5 Å². The molecule has 0 radical (unpaired) electrons. The predicted octanol–water partition coefficient (Wildman–Crippen LogP) is 4.25. The van der Waals surface area contributed by atoms with Crippen LogP contribution >= 0.6 is 0 Å². The molecule has 1 heterocycles. The minimum Gasteiger partial charge on any atom is -0.493 e. The van der Waals surface area contributed by atoms with E-state index in [0.29, 0.717) is 17.2 Å². The van der Waals surface area contributed by atoms with E-state index in [1.54, 1.807) is 21.3 Å². The van der Waals surface area contributed by atoms with Crippen molar-refractivity contribution in [2.45, 2.75) is 6.92 Å². The third-order valence-corrected chi connectivity index (χ3v) is 3.76. The third-order valence-electron chi connectivity index (χ3n) is 3.76. The molecule has 0 amide bonds. The summed E-state index contributed by atoms with van der Waals surface area (Å²) in [5, 5.41) is 4.57. The zero-order valence-electron chi connectivity index (χ0n) is 13.7. The molecular formula is C18H20N2O3. The molecule has 0 saturated heterocycles. The topological polar surface area (TPSA) is 55.5 Å². The van der Waals surface area contributed by atoms with Gasteiger partial charge in [-0.1, -0.05) is 0 Å². The minimum atomic E-state index is 0.580. The number of fused-ring (bicyclic) bond motifs is 1. The average Bonchev–Trinajstić information content (AvgIpc) is 3.02. The van der Waals surface area contributed by atoms with E-state index in [2.05, 4.69) is 35.4 Å². The Balaban J connectivity index is 2.06. The minimum absolute atomic E-state index is 0.580. The van der Waals surface area contributed by atoms with Crippen LogP contribution in [0.4, 0.5) is 11.4 Å². The second kappa shape index (κ2) is 6.12. The van der Waals surface area contributed by atoms with Crippen molar-refractivity contribution >= 4 is 22.3 Å². The molecule has 0 atom stereocenters. The van der Waals surface area contributed by atoms with Crippen molar-refractivity contribution in [1.82, 2.24) is 4.98 Å². The normalized spacial score (nSPS) is 10.6. The van der Waals surface area contributed by atoms with Crippen LogP contribution < -0.4 is 19.5 Å². The van der Waals surface area contributed by atoms with Crippen molar-refractivity contribution in [1.29, 1.82) is 0 Å². The molecule has 0 aliphatic rings. The van der Waals surface area contributed by atoms with Crippen molar-refractivity contribution in [2.75, 3.05) is 26.6 Å². The maximum atomic E-state index is 5.40. The van der Waals surface area contributed by atoms with Crippen molar-refractivity contribution in [3.63, 3.8) is 0 Å². The fourth-order valence-corrected chi connectivity index (χ4v) is 2.72. The number of aryl methyl sites for hydroxylation is 1. The maximum absolute atomic E-state index is 5.40. The number of aromatic amines is 1.